The van der Waals surface area contributed by atoms with Crippen LogP contribution in [-0.2, 0) is 19.0 Å². The fraction of sp³-hybridized carbons (Fsp3) is 0.958. The van der Waals surface area contributed by atoms with Crippen LogP contribution in [-0.4, -0.2) is 73.2 Å². The molecular weight excluding hydrogens is 382 g/mol. The summed E-state index contributed by atoms with van der Waals surface area (Å²) in [5.41, 5.74) is -0.754. The van der Waals surface area contributed by atoms with Crippen LogP contribution in [0.2, 0.25) is 0 Å². The van der Waals surface area contributed by atoms with Crippen LogP contribution in [0.3, 0.4) is 0 Å². The van der Waals surface area contributed by atoms with Crippen molar-refractivity contribution in [2.45, 2.75) is 75.9 Å². The van der Waals surface area contributed by atoms with E-state index in [0.717, 1.165) is 25.8 Å². The summed E-state index contributed by atoms with van der Waals surface area (Å²) in [6.45, 7) is 5.97. The lowest BCUT2D eigenvalue weighted by Crippen LogP contribution is -2.74. The average molecular weight is 420 g/mol. The third-order valence-electron chi connectivity index (χ3n) is 10.7. The Balaban J connectivity index is 1.55. The van der Waals surface area contributed by atoms with Crippen LogP contribution in [0.1, 0.15) is 46.0 Å². The predicted molar refractivity (Wildman–Crippen MR) is 110 cm³/mol. The molecule has 6 fully saturated rings. The number of fused-ring (bicyclic) bond motifs is 2. The highest BCUT2D eigenvalue weighted by Gasteiger charge is 2.82. The van der Waals surface area contributed by atoms with Crippen LogP contribution in [0.25, 0.3) is 0 Å². The van der Waals surface area contributed by atoms with Crippen LogP contribution in [0.15, 0.2) is 0 Å². The van der Waals surface area contributed by atoms with Crippen molar-refractivity contribution in [2.24, 2.45) is 40.9 Å². The lowest BCUT2D eigenvalue weighted by atomic mass is 9.46. The first-order valence-electron chi connectivity index (χ1n) is 12.1. The maximum absolute atomic E-state index is 12.5. The maximum atomic E-state index is 12.5. The van der Waals surface area contributed by atoms with E-state index in [0.29, 0.717) is 30.2 Å². The van der Waals surface area contributed by atoms with E-state index in [1.54, 1.807) is 7.11 Å². The van der Waals surface area contributed by atoms with E-state index in [9.17, 15) is 9.90 Å². The van der Waals surface area contributed by atoms with E-state index >= 15 is 0 Å². The summed E-state index contributed by atoms with van der Waals surface area (Å²) in [6.07, 6.45) is 5.04. The van der Waals surface area contributed by atoms with E-state index in [4.69, 9.17) is 14.2 Å². The van der Waals surface area contributed by atoms with Gasteiger partial charge in [0.15, 0.2) is 0 Å². The number of nitrogens with zero attached hydrogens (tertiary/aromatic N) is 1. The van der Waals surface area contributed by atoms with Crippen LogP contribution in [0.4, 0.5) is 0 Å². The Morgan fingerprint density at radius 2 is 1.93 bits per heavy atom. The van der Waals surface area contributed by atoms with Gasteiger partial charge in [-0.3, -0.25) is 9.69 Å². The van der Waals surface area contributed by atoms with Gasteiger partial charge < -0.3 is 19.3 Å². The van der Waals surface area contributed by atoms with Crippen molar-refractivity contribution in [1.82, 2.24) is 4.90 Å². The maximum Gasteiger partial charge on any atom is 0.302 e. The smallest absolute Gasteiger partial charge is 0.302 e. The Morgan fingerprint density at radius 3 is 2.60 bits per heavy atom. The highest BCUT2D eigenvalue weighted by Crippen LogP contribution is 2.77. The van der Waals surface area contributed by atoms with Crippen LogP contribution < -0.4 is 0 Å². The topological polar surface area (TPSA) is 68.2 Å². The van der Waals surface area contributed by atoms with E-state index in [1.807, 2.05) is 7.11 Å². The molecule has 6 rings (SSSR count). The second kappa shape index (κ2) is 6.43. The van der Waals surface area contributed by atoms with Crippen molar-refractivity contribution in [3.8, 4) is 0 Å². The van der Waals surface area contributed by atoms with Crippen molar-refractivity contribution in [2.75, 3.05) is 27.3 Å². The molecule has 6 heteroatoms. The molecule has 30 heavy (non-hydrogen) atoms. The van der Waals surface area contributed by atoms with Gasteiger partial charge in [-0.15, -0.1) is 0 Å². The van der Waals surface area contributed by atoms with E-state index in [1.165, 1.54) is 19.9 Å². The Labute approximate surface area is 179 Å². The molecule has 1 N–H and O–H groups in total. The lowest BCUT2D eigenvalue weighted by Gasteiger charge is -2.67. The number of piperidine rings is 1. The molecule has 0 aromatic rings. The fourth-order valence-electron chi connectivity index (χ4n) is 10.3. The summed E-state index contributed by atoms with van der Waals surface area (Å²) in [5.74, 6) is 1.80. The van der Waals surface area contributed by atoms with Gasteiger partial charge in [0.05, 0.1) is 17.8 Å². The monoisotopic (exact) mass is 419 g/mol. The quantitative estimate of drug-likeness (QED) is 0.704. The van der Waals surface area contributed by atoms with Crippen LogP contribution in [0, 0.1) is 40.9 Å². The summed E-state index contributed by atoms with van der Waals surface area (Å²) in [5, 5.41) is 12.5. The number of hydrogen-bond acceptors (Lipinski definition) is 6. The third-order valence-corrected chi connectivity index (χ3v) is 10.7. The van der Waals surface area contributed by atoms with Crippen LogP contribution in [0.5, 0.6) is 0 Å². The fourth-order valence-corrected chi connectivity index (χ4v) is 10.3. The minimum absolute atomic E-state index is 0.0113. The molecule has 12 unspecified atom stereocenters. The van der Waals surface area contributed by atoms with E-state index in [-0.39, 0.29) is 47.4 Å². The molecule has 7 bridgehead atoms. The zero-order valence-electron chi connectivity index (χ0n) is 18.8. The average Bonchev–Trinajstić information content (AvgIpc) is 3.14. The molecule has 0 radical (unpaired) electrons. The summed E-state index contributed by atoms with van der Waals surface area (Å²) < 4.78 is 18.2. The number of carbonyl (C=O) groups excluding carboxylic acids is 1. The van der Waals surface area contributed by atoms with Crippen molar-refractivity contribution >= 4 is 5.97 Å². The summed E-state index contributed by atoms with van der Waals surface area (Å²) in [4.78, 5) is 14.8. The van der Waals surface area contributed by atoms with Gasteiger partial charge in [-0.05, 0) is 50.0 Å². The standard InChI is InChI=1S/C24H37NO5/c1-5-25-11-13-6-7-19(29-4)24-15(13)9-17(22(24)25)23(27)10-18(28-3)14-8-16(24)20(23)21(14)30-12(2)26/h13-22,27H,5-11H2,1-4H3. The van der Waals surface area contributed by atoms with Crippen molar-refractivity contribution in [3.05, 3.63) is 0 Å². The van der Waals surface area contributed by atoms with Crippen molar-refractivity contribution < 1.29 is 24.1 Å². The first-order valence-corrected chi connectivity index (χ1v) is 12.1. The summed E-state index contributed by atoms with van der Waals surface area (Å²) in [6, 6.07) is 0.368. The molecule has 6 nitrogen and oxygen atoms in total. The van der Waals surface area contributed by atoms with Gasteiger partial charge in [0.25, 0.3) is 0 Å². The number of ether oxygens (including phenoxy) is 3. The predicted octanol–water partition coefficient (Wildman–Crippen LogP) is 2.09. The van der Waals surface area contributed by atoms with Gasteiger partial charge in [-0.1, -0.05) is 6.92 Å². The van der Waals surface area contributed by atoms with Gasteiger partial charge in [-0.25, -0.2) is 0 Å². The number of rotatable bonds is 4. The summed E-state index contributed by atoms with van der Waals surface area (Å²) >= 11 is 0. The highest BCUT2D eigenvalue weighted by atomic mass is 16.5. The zero-order valence-corrected chi connectivity index (χ0v) is 18.8. The lowest BCUT2D eigenvalue weighted by molar-refractivity contribution is -0.261. The first-order chi connectivity index (χ1) is 14.4. The molecule has 1 spiro atoms. The second-order valence-electron chi connectivity index (χ2n) is 11.1. The largest absolute Gasteiger partial charge is 0.462 e. The summed E-state index contributed by atoms with van der Waals surface area (Å²) in [7, 11) is 3.64. The normalized spacial score (nSPS) is 58.0. The van der Waals surface area contributed by atoms with Gasteiger partial charge in [0, 0.05) is 63.3 Å². The molecule has 1 heterocycles. The van der Waals surface area contributed by atoms with Gasteiger partial charge in [-0.2, -0.15) is 0 Å². The van der Waals surface area contributed by atoms with E-state index in [2.05, 4.69) is 11.8 Å². The molecule has 0 aromatic carbocycles. The molecule has 0 aromatic heterocycles. The number of likely N-dealkylation sites (tertiary alicyclic amines) is 1. The van der Waals surface area contributed by atoms with Gasteiger partial charge in [0.2, 0.25) is 0 Å². The number of aliphatic hydroxyl groups is 1. The Bertz CT molecular complexity index is 745. The second-order valence-corrected chi connectivity index (χ2v) is 11.1. The molecule has 1 aliphatic heterocycles. The number of esters is 1. The molecule has 0 amide bonds. The van der Waals surface area contributed by atoms with Crippen molar-refractivity contribution in [1.29, 1.82) is 0 Å². The minimum atomic E-state index is -0.827. The number of hydrogen-bond donors (Lipinski definition) is 1. The SMILES string of the molecule is CCN1CC2CCC(OC)C34C2CC(C13)C1(O)CC(OC)C2CC4C1C2OC(C)=O. The number of methoxy groups -OCH3 is 2. The van der Waals surface area contributed by atoms with E-state index < -0.39 is 5.60 Å². The minimum Gasteiger partial charge on any atom is -0.462 e. The van der Waals surface area contributed by atoms with Gasteiger partial charge >= 0.3 is 5.97 Å². The van der Waals surface area contributed by atoms with Gasteiger partial charge in [0.1, 0.15) is 6.10 Å². The third kappa shape index (κ3) is 2.08. The highest BCUT2D eigenvalue weighted by molar-refractivity contribution is 5.66. The molecule has 5 saturated carbocycles. The van der Waals surface area contributed by atoms with Crippen molar-refractivity contribution in [3.63, 3.8) is 0 Å². The molecule has 12 atom stereocenters. The Hall–Kier alpha value is -0.690. The van der Waals surface area contributed by atoms with Crippen LogP contribution >= 0.6 is 0 Å². The molecule has 1 saturated heterocycles. The Kier molecular flexibility index (Phi) is 4.28. The molecule has 168 valence electrons. The number of carbonyl (C=O) groups is 1. The molecular formula is C24H37NO5. The Morgan fingerprint density at radius 1 is 1.13 bits per heavy atom. The molecule has 6 aliphatic rings. The molecule has 5 aliphatic carbocycles. The first kappa shape index (κ1) is 20.0. The zero-order chi connectivity index (χ0) is 21.0.